The van der Waals surface area contributed by atoms with E-state index < -0.39 is 4.92 Å². The van der Waals surface area contributed by atoms with E-state index in [1.807, 2.05) is 6.92 Å². The maximum absolute atomic E-state index is 12.2. The van der Waals surface area contributed by atoms with Crippen molar-refractivity contribution in [3.8, 4) is 0 Å². The highest BCUT2D eigenvalue weighted by Crippen LogP contribution is 2.19. The molecule has 1 amide bonds. The molecule has 2 N–H and O–H groups in total. The molecular weight excluding hydrogens is 298 g/mol. The Kier molecular flexibility index (Phi) is 6.10. The highest BCUT2D eigenvalue weighted by atomic mass is 35.5. The van der Waals surface area contributed by atoms with Crippen LogP contribution in [0.1, 0.15) is 19.8 Å². The van der Waals surface area contributed by atoms with Gasteiger partial charge < -0.3 is 20.7 Å². The first-order valence-corrected chi connectivity index (χ1v) is 6.68. The Morgan fingerprint density at radius 2 is 2.38 bits per heavy atom. The maximum Gasteiger partial charge on any atom is 0.389 e. The molecule has 2 rings (SSSR count). The second-order valence-electron chi connectivity index (χ2n) is 5.23. The number of nitro groups is 1. The van der Waals surface area contributed by atoms with E-state index in [1.165, 1.54) is 16.9 Å². The van der Waals surface area contributed by atoms with Crippen molar-refractivity contribution in [3.63, 3.8) is 0 Å². The van der Waals surface area contributed by atoms with Gasteiger partial charge in [-0.05, 0) is 30.6 Å². The van der Waals surface area contributed by atoms with Gasteiger partial charge in [0.15, 0.2) is 0 Å². The minimum absolute atomic E-state index is 0. The fourth-order valence-electron chi connectivity index (χ4n) is 2.44. The van der Waals surface area contributed by atoms with E-state index in [0.29, 0.717) is 19.0 Å². The third kappa shape index (κ3) is 4.40. The van der Waals surface area contributed by atoms with Crippen molar-refractivity contribution in [3.05, 3.63) is 22.4 Å². The first-order chi connectivity index (χ1) is 9.47. The zero-order valence-electron chi connectivity index (χ0n) is 11.8. The lowest BCUT2D eigenvalue weighted by Gasteiger charge is -2.34. The average molecular weight is 318 g/mol. The molecule has 1 aromatic heterocycles. The van der Waals surface area contributed by atoms with Gasteiger partial charge in [-0.2, -0.15) is 4.68 Å². The summed E-state index contributed by atoms with van der Waals surface area (Å²) >= 11 is 0. The third-order valence-corrected chi connectivity index (χ3v) is 3.67. The van der Waals surface area contributed by atoms with E-state index in [2.05, 4.69) is 5.10 Å². The van der Waals surface area contributed by atoms with E-state index in [0.717, 1.165) is 12.8 Å². The van der Waals surface area contributed by atoms with E-state index in [4.69, 9.17) is 5.73 Å². The lowest BCUT2D eigenvalue weighted by Crippen LogP contribution is -2.46. The van der Waals surface area contributed by atoms with Gasteiger partial charge in [0.05, 0.1) is 17.4 Å². The number of carbonyl (C=O) groups excluding carboxylic acids is 1. The number of piperidine rings is 1. The van der Waals surface area contributed by atoms with Crippen LogP contribution in [0.25, 0.3) is 0 Å². The lowest BCUT2D eigenvalue weighted by molar-refractivity contribution is -0.389. The van der Waals surface area contributed by atoms with Crippen LogP contribution in [-0.2, 0) is 11.3 Å². The van der Waals surface area contributed by atoms with Gasteiger partial charge in [-0.3, -0.25) is 4.79 Å². The molecule has 1 fully saturated rings. The Morgan fingerprint density at radius 1 is 1.67 bits per heavy atom. The van der Waals surface area contributed by atoms with E-state index in [-0.39, 0.29) is 36.7 Å². The average Bonchev–Trinajstić information content (AvgIpc) is 2.87. The minimum Gasteiger partial charge on any atom is -0.358 e. The summed E-state index contributed by atoms with van der Waals surface area (Å²) in [6.45, 7) is 3.35. The predicted molar refractivity (Wildman–Crippen MR) is 79.1 cm³/mol. The number of nitrogens with two attached hydrogens (primary N) is 1. The van der Waals surface area contributed by atoms with E-state index >= 15 is 0 Å². The summed E-state index contributed by atoms with van der Waals surface area (Å²) in [5.74, 6) is -0.00194. The number of hydrogen-bond donors (Lipinski definition) is 1. The Hall–Kier alpha value is -1.67. The van der Waals surface area contributed by atoms with Crippen molar-refractivity contribution < 1.29 is 9.72 Å². The smallest absolute Gasteiger partial charge is 0.358 e. The Balaban J connectivity index is 0.00000220. The van der Waals surface area contributed by atoms with Gasteiger partial charge in [-0.25, -0.2) is 0 Å². The molecule has 2 heterocycles. The van der Waals surface area contributed by atoms with Gasteiger partial charge in [-0.15, -0.1) is 12.4 Å². The zero-order chi connectivity index (χ0) is 14.7. The molecule has 0 radical (unpaired) electrons. The van der Waals surface area contributed by atoms with Gasteiger partial charge in [0.25, 0.3) is 0 Å². The van der Waals surface area contributed by atoms with Crippen molar-refractivity contribution in [2.24, 2.45) is 11.7 Å². The molecule has 8 nitrogen and oxygen atoms in total. The largest absolute Gasteiger partial charge is 0.389 e. The molecule has 1 aliphatic rings. The zero-order valence-corrected chi connectivity index (χ0v) is 12.7. The summed E-state index contributed by atoms with van der Waals surface area (Å²) in [7, 11) is 0. The molecule has 118 valence electrons. The van der Waals surface area contributed by atoms with Crippen molar-refractivity contribution in [2.45, 2.75) is 32.4 Å². The first kappa shape index (κ1) is 17.4. The SMILES string of the molecule is CC(N)C1CCCN(C(=O)Cn2ccc([N+](=O)[O-])n2)C1.Cl. The molecule has 1 aliphatic heterocycles. The number of rotatable bonds is 4. The number of halogens is 1. The van der Waals surface area contributed by atoms with Crippen LogP contribution in [-0.4, -0.2) is 44.6 Å². The predicted octanol–water partition coefficient (Wildman–Crippen LogP) is 0.799. The quantitative estimate of drug-likeness (QED) is 0.652. The summed E-state index contributed by atoms with van der Waals surface area (Å²) in [5, 5.41) is 14.3. The summed E-state index contributed by atoms with van der Waals surface area (Å²) in [5.41, 5.74) is 5.89. The molecule has 1 aromatic rings. The topological polar surface area (TPSA) is 107 Å². The fraction of sp³-hybridized carbons (Fsp3) is 0.667. The first-order valence-electron chi connectivity index (χ1n) is 6.68. The molecule has 0 saturated carbocycles. The number of aromatic nitrogens is 2. The van der Waals surface area contributed by atoms with Crippen LogP contribution in [0.3, 0.4) is 0 Å². The van der Waals surface area contributed by atoms with Crippen LogP contribution in [0.15, 0.2) is 12.3 Å². The molecule has 9 heteroatoms. The van der Waals surface area contributed by atoms with Crippen LogP contribution >= 0.6 is 12.4 Å². The highest BCUT2D eigenvalue weighted by molar-refractivity contribution is 5.85. The van der Waals surface area contributed by atoms with Crippen LogP contribution in [0.4, 0.5) is 5.82 Å². The standard InChI is InChI=1S/C12H19N5O3.ClH/c1-9(13)10-3-2-5-15(7-10)12(18)8-16-6-4-11(14-16)17(19)20;/h4,6,9-10H,2-3,5,7-8,13H2,1H3;1H. The summed E-state index contributed by atoms with van der Waals surface area (Å²) < 4.78 is 1.30. The Morgan fingerprint density at radius 3 is 2.95 bits per heavy atom. The van der Waals surface area contributed by atoms with Crippen molar-refractivity contribution in [1.82, 2.24) is 14.7 Å². The molecule has 0 aromatic carbocycles. The van der Waals surface area contributed by atoms with Gasteiger partial charge in [0.1, 0.15) is 6.54 Å². The van der Waals surface area contributed by atoms with Crippen molar-refractivity contribution >= 4 is 24.1 Å². The normalized spacial score (nSPS) is 19.7. The van der Waals surface area contributed by atoms with Gasteiger partial charge in [0.2, 0.25) is 5.91 Å². The molecule has 2 unspecified atom stereocenters. The van der Waals surface area contributed by atoms with Crippen molar-refractivity contribution in [1.29, 1.82) is 0 Å². The number of amides is 1. The fourth-order valence-corrected chi connectivity index (χ4v) is 2.44. The second-order valence-corrected chi connectivity index (χ2v) is 5.23. The van der Waals surface area contributed by atoms with E-state index in [9.17, 15) is 14.9 Å². The van der Waals surface area contributed by atoms with Crippen molar-refractivity contribution in [2.75, 3.05) is 13.1 Å². The minimum atomic E-state index is -0.575. The van der Waals surface area contributed by atoms with Gasteiger partial charge >= 0.3 is 5.82 Å². The summed E-state index contributed by atoms with van der Waals surface area (Å²) in [6, 6.07) is 1.35. The number of hydrogen-bond acceptors (Lipinski definition) is 5. The van der Waals surface area contributed by atoms with Gasteiger partial charge in [-0.1, -0.05) is 0 Å². The summed E-state index contributed by atoms with van der Waals surface area (Å²) in [4.78, 5) is 23.9. The second kappa shape index (κ2) is 7.37. The highest BCUT2D eigenvalue weighted by Gasteiger charge is 2.26. The van der Waals surface area contributed by atoms with Crippen LogP contribution in [0.2, 0.25) is 0 Å². The molecular formula is C12H20ClN5O3. The monoisotopic (exact) mass is 317 g/mol. The summed E-state index contributed by atoms with van der Waals surface area (Å²) in [6.07, 6.45) is 3.43. The number of carbonyl (C=O) groups is 1. The maximum atomic E-state index is 12.2. The number of likely N-dealkylation sites (tertiary alicyclic amines) is 1. The van der Waals surface area contributed by atoms with Crippen LogP contribution in [0.5, 0.6) is 0 Å². The Bertz CT molecular complexity index is 505. The molecule has 0 aliphatic carbocycles. The molecule has 0 bridgehead atoms. The lowest BCUT2D eigenvalue weighted by atomic mass is 9.92. The van der Waals surface area contributed by atoms with Crippen LogP contribution < -0.4 is 5.73 Å². The van der Waals surface area contributed by atoms with E-state index in [1.54, 1.807) is 4.90 Å². The molecule has 1 saturated heterocycles. The molecule has 0 spiro atoms. The Labute approximate surface area is 128 Å². The number of nitrogens with zero attached hydrogens (tertiary/aromatic N) is 4. The molecule has 21 heavy (non-hydrogen) atoms. The molecule has 2 atom stereocenters. The van der Waals surface area contributed by atoms with Gasteiger partial charge in [0, 0.05) is 19.1 Å². The third-order valence-electron chi connectivity index (χ3n) is 3.67. The van der Waals surface area contributed by atoms with Crippen LogP contribution in [0, 0.1) is 16.0 Å².